The molecule has 0 aromatic heterocycles. The van der Waals surface area contributed by atoms with Crippen molar-refractivity contribution in [1.82, 2.24) is 0 Å². The number of carbonyl (C=O) groups is 2. The Hall–Kier alpha value is -0.510. The zero-order valence-corrected chi connectivity index (χ0v) is 11.9. The second-order valence-electron chi connectivity index (χ2n) is 5.17. The third-order valence-corrected chi connectivity index (χ3v) is 3.39. The molecule has 0 N–H and O–H groups in total. The van der Waals surface area contributed by atoms with Gasteiger partial charge in [-0.2, -0.15) is 0 Å². The van der Waals surface area contributed by atoms with Gasteiger partial charge >= 0.3 is 5.97 Å². The molecule has 0 saturated carbocycles. The fourth-order valence-corrected chi connectivity index (χ4v) is 1.81. The van der Waals surface area contributed by atoms with Gasteiger partial charge in [-0.15, -0.1) is 11.8 Å². The van der Waals surface area contributed by atoms with E-state index >= 15 is 0 Å². The van der Waals surface area contributed by atoms with E-state index < -0.39 is 11.4 Å². The van der Waals surface area contributed by atoms with Crippen LogP contribution >= 0.6 is 11.8 Å². The molecule has 0 aliphatic heterocycles. The molecule has 16 heavy (non-hydrogen) atoms. The maximum absolute atomic E-state index is 11.9. The Morgan fingerprint density at radius 1 is 1.12 bits per heavy atom. The third kappa shape index (κ3) is 5.01. The number of carbonyl (C=O) groups excluding carboxylic acids is 2. The molecule has 4 heteroatoms. The van der Waals surface area contributed by atoms with Crippen molar-refractivity contribution in [2.45, 2.75) is 46.3 Å². The van der Waals surface area contributed by atoms with Crippen LogP contribution in [0, 0.1) is 5.41 Å². The SMILES string of the molecule is CCOC(=O)C(C)(C)C(=O)CSC(C)(C)C. The first kappa shape index (κ1) is 15.5. The van der Waals surface area contributed by atoms with Crippen LogP contribution in [0.25, 0.3) is 0 Å². The van der Waals surface area contributed by atoms with E-state index in [4.69, 9.17) is 4.74 Å². The molecule has 0 rings (SSSR count). The number of thioether (sulfide) groups is 1. The molecule has 0 unspecified atom stereocenters. The first-order valence-electron chi connectivity index (χ1n) is 5.45. The van der Waals surface area contributed by atoms with E-state index in [1.54, 1.807) is 32.5 Å². The largest absolute Gasteiger partial charge is 0.465 e. The van der Waals surface area contributed by atoms with Crippen molar-refractivity contribution >= 4 is 23.5 Å². The second kappa shape index (κ2) is 5.71. The molecule has 0 amide bonds. The number of ketones is 1. The molecule has 0 aromatic rings. The summed E-state index contributed by atoms with van der Waals surface area (Å²) in [4.78, 5) is 23.5. The molecule has 0 atom stereocenters. The van der Waals surface area contributed by atoms with Gasteiger partial charge in [-0.3, -0.25) is 9.59 Å². The molecule has 3 nitrogen and oxygen atoms in total. The van der Waals surface area contributed by atoms with Crippen LogP contribution in [0.5, 0.6) is 0 Å². The van der Waals surface area contributed by atoms with E-state index in [1.165, 1.54) is 0 Å². The third-order valence-electron chi connectivity index (χ3n) is 2.12. The Kier molecular flexibility index (Phi) is 5.53. The van der Waals surface area contributed by atoms with Crippen molar-refractivity contribution in [3.8, 4) is 0 Å². The molecule has 0 saturated heterocycles. The van der Waals surface area contributed by atoms with Crippen molar-refractivity contribution in [3.05, 3.63) is 0 Å². The van der Waals surface area contributed by atoms with Gasteiger partial charge in [0.05, 0.1) is 12.4 Å². The molecule has 0 fully saturated rings. The van der Waals surface area contributed by atoms with Crippen molar-refractivity contribution in [2.24, 2.45) is 5.41 Å². The number of hydrogen-bond donors (Lipinski definition) is 0. The highest BCUT2D eigenvalue weighted by Gasteiger charge is 2.37. The van der Waals surface area contributed by atoms with Gasteiger partial charge in [0.1, 0.15) is 5.41 Å². The summed E-state index contributed by atoms with van der Waals surface area (Å²) >= 11 is 1.55. The van der Waals surface area contributed by atoms with Crippen LogP contribution in [0.15, 0.2) is 0 Å². The standard InChI is InChI=1S/C12H22O3S/c1-7-15-10(14)12(5,6)9(13)8-16-11(2,3)4/h7-8H2,1-6H3. The highest BCUT2D eigenvalue weighted by Crippen LogP contribution is 2.27. The molecule has 0 aliphatic rings. The quantitative estimate of drug-likeness (QED) is 0.552. The molecule has 0 radical (unpaired) electrons. The number of Topliss-reactive ketones (excluding diaryl/α,β-unsaturated/α-hetero) is 1. The molecular weight excluding hydrogens is 224 g/mol. The summed E-state index contributed by atoms with van der Waals surface area (Å²) in [6.45, 7) is 11.4. The van der Waals surface area contributed by atoms with Crippen LogP contribution < -0.4 is 0 Å². The summed E-state index contributed by atoms with van der Waals surface area (Å²) in [6, 6.07) is 0. The molecule has 0 aliphatic carbocycles. The summed E-state index contributed by atoms with van der Waals surface area (Å²) in [6.07, 6.45) is 0. The molecule has 0 bridgehead atoms. The first-order valence-corrected chi connectivity index (χ1v) is 6.44. The zero-order valence-electron chi connectivity index (χ0n) is 11.0. The van der Waals surface area contributed by atoms with E-state index in [0.717, 1.165) is 0 Å². The maximum atomic E-state index is 11.9. The number of ether oxygens (including phenoxy) is 1. The van der Waals surface area contributed by atoms with E-state index in [2.05, 4.69) is 0 Å². The summed E-state index contributed by atoms with van der Waals surface area (Å²) < 4.78 is 4.92. The normalized spacial score (nSPS) is 12.4. The Balaban J connectivity index is 4.41. The number of rotatable bonds is 5. The Morgan fingerprint density at radius 3 is 2.00 bits per heavy atom. The average Bonchev–Trinajstić information content (AvgIpc) is 2.13. The lowest BCUT2D eigenvalue weighted by Gasteiger charge is -2.23. The second-order valence-corrected chi connectivity index (χ2v) is 6.97. The predicted molar refractivity (Wildman–Crippen MR) is 67.6 cm³/mol. The highest BCUT2D eigenvalue weighted by molar-refractivity contribution is 8.01. The number of esters is 1. The minimum atomic E-state index is -1.03. The molecule has 0 heterocycles. The Morgan fingerprint density at radius 2 is 1.62 bits per heavy atom. The number of hydrogen-bond acceptors (Lipinski definition) is 4. The molecule has 0 aromatic carbocycles. The molecular formula is C12H22O3S. The lowest BCUT2D eigenvalue weighted by molar-refractivity contribution is -0.157. The van der Waals surface area contributed by atoms with Gasteiger partial charge in [0.15, 0.2) is 5.78 Å². The lowest BCUT2D eigenvalue weighted by atomic mass is 9.89. The Labute approximate surface area is 102 Å². The van der Waals surface area contributed by atoms with Crippen LogP contribution in [0.2, 0.25) is 0 Å². The highest BCUT2D eigenvalue weighted by atomic mass is 32.2. The molecule has 0 spiro atoms. The Bertz CT molecular complexity index is 264. The van der Waals surface area contributed by atoms with Crippen LogP contribution in [-0.2, 0) is 14.3 Å². The van der Waals surface area contributed by atoms with Gasteiger partial charge < -0.3 is 4.74 Å². The first-order chi connectivity index (χ1) is 7.11. The minimum absolute atomic E-state index is 0.0282. The van der Waals surface area contributed by atoms with Crippen molar-refractivity contribution in [3.63, 3.8) is 0 Å². The predicted octanol–water partition coefficient (Wildman–Crippen LogP) is 2.68. The van der Waals surface area contributed by atoms with E-state index in [0.29, 0.717) is 12.4 Å². The van der Waals surface area contributed by atoms with Crippen molar-refractivity contribution < 1.29 is 14.3 Å². The van der Waals surface area contributed by atoms with Crippen LogP contribution in [0.4, 0.5) is 0 Å². The van der Waals surface area contributed by atoms with Crippen molar-refractivity contribution in [2.75, 3.05) is 12.4 Å². The van der Waals surface area contributed by atoms with E-state index in [9.17, 15) is 9.59 Å². The summed E-state index contributed by atoms with van der Waals surface area (Å²) in [7, 11) is 0. The van der Waals surface area contributed by atoms with E-state index in [1.807, 2.05) is 20.8 Å². The lowest BCUT2D eigenvalue weighted by Crippen LogP contribution is -2.37. The van der Waals surface area contributed by atoms with Crippen molar-refractivity contribution in [1.29, 1.82) is 0 Å². The van der Waals surface area contributed by atoms with Crippen LogP contribution in [0.3, 0.4) is 0 Å². The summed E-state index contributed by atoms with van der Waals surface area (Å²) in [5.41, 5.74) is -1.03. The maximum Gasteiger partial charge on any atom is 0.319 e. The minimum Gasteiger partial charge on any atom is -0.465 e. The smallest absolute Gasteiger partial charge is 0.319 e. The van der Waals surface area contributed by atoms with Gasteiger partial charge in [-0.25, -0.2) is 0 Å². The van der Waals surface area contributed by atoms with Gasteiger partial charge in [0.2, 0.25) is 0 Å². The van der Waals surface area contributed by atoms with Gasteiger partial charge in [0.25, 0.3) is 0 Å². The van der Waals surface area contributed by atoms with E-state index in [-0.39, 0.29) is 10.5 Å². The summed E-state index contributed by atoms with van der Waals surface area (Å²) in [5.74, 6) is -0.171. The fourth-order valence-electron chi connectivity index (χ4n) is 0.888. The van der Waals surface area contributed by atoms with Gasteiger partial charge in [-0.05, 0) is 20.8 Å². The van der Waals surface area contributed by atoms with Gasteiger partial charge in [-0.1, -0.05) is 20.8 Å². The van der Waals surface area contributed by atoms with Crippen LogP contribution in [-0.4, -0.2) is 28.9 Å². The zero-order chi connectivity index (χ0) is 13.0. The molecule has 94 valence electrons. The summed E-state index contributed by atoms with van der Waals surface area (Å²) in [5, 5.41) is 0. The fraction of sp³-hybridized carbons (Fsp3) is 0.833. The average molecular weight is 246 g/mol. The monoisotopic (exact) mass is 246 g/mol. The van der Waals surface area contributed by atoms with Crippen LogP contribution in [0.1, 0.15) is 41.5 Å². The topological polar surface area (TPSA) is 43.4 Å². The van der Waals surface area contributed by atoms with Gasteiger partial charge in [0, 0.05) is 4.75 Å².